The summed E-state index contributed by atoms with van der Waals surface area (Å²) in [6.45, 7) is 5.64. The van der Waals surface area contributed by atoms with Crippen molar-refractivity contribution in [3.63, 3.8) is 0 Å². The van der Waals surface area contributed by atoms with Gasteiger partial charge in [0.1, 0.15) is 11.4 Å². The highest BCUT2D eigenvalue weighted by Crippen LogP contribution is 2.31. The van der Waals surface area contributed by atoms with Crippen LogP contribution in [-0.2, 0) is 16.1 Å². The standard InChI is InChI=1S/C21H23ClN4O3S/c1-4-25(9-17(27)24-13(2)3)18(28)10-26-12-23-20-19(21(26)29)16(11-30-20)14-5-7-15(22)8-6-14/h5-8,11-13H,4,9-10H2,1-3H3,(H,24,27). The first-order chi connectivity index (χ1) is 14.3. The number of carbonyl (C=O) groups excluding carboxylic acids is 2. The number of halogens is 1. The fourth-order valence-corrected chi connectivity index (χ4v) is 4.12. The van der Waals surface area contributed by atoms with Crippen LogP contribution in [0.5, 0.6) is 0 Å². The van der Waals surface area contributed by atoms with Gasteiger partial charge in [-0.25, -0.2) is 4.98 Å². The molecule has 2 amide bonds. The van der Waals surface area contributed by atoms with Crippen molar-refractivity contribution in [1.29, 1.82) is 0 Å². The lowest BCUT2D eigenvalue weighted by atomic mass is 10.1. The second kappa shape index (κ2) is 9.40. The average molecular weight is 447 g/mol. The van der Waals surface area contributed by atoms with E-state index >= 15 is 0 Å². The minimum absolute atomic E-state index is 0.00888. The predicted octanol–water partition coefficient (Wildman–Crippen LogP) is 3.15. The minimum Gasteiger partial charge on any atom is -0.352 e. The first-order valence-electron chi connectivity index (χ1n) is 9.59. The molecule has 1 N–H and O–H groups in total. The van der Waals surface area contributed by atoms with Crippen molar-refractivity contribution >= 4 is 45.0 Å². The molecule has 0 radical (unpaired) electrons. The van der Waals surface area contributed by atoms with Crippen molar-refractivity contribution in [3.8, 4) is 11.1 Å². The maximum absolute atomic E-state index is 13.1. The van der Waals surface area contributed by atoms with E-state index in [2.05, 4.69) is 10.3 Å². The van der Waals surface area contributed by atoms with Crippen LogP contribution >= 0.6 is 22.9 Å². The molecule has 0 aliphatic rings. The van der Waals surface area contributed by atoms with Crippen LogP contribution in [0.3, 0.4) is 0 Å². The molecule has 0 unspecified atom stereocenters. The van der Waals surface area contributed by atoms with Crippen LogP contribution in [0.15, 0.2) is 40.8 Å². The second-order valence-electron chi connectivity index (χ2n) is 7.14. The number of fused-ring (bicyclic) bond motifs is 1. The van der Waals surface area contributed by atoms with E-state index in [0.717, 1.165) is 11.1 Å². The van der Waals surface area contributed by atoms with Crippen molar-refractivity contribution < 1.29 is 9.59 Å². The lowest BCUT2D eigenvalue weighted by Gasteiger charge is -2.21. The van der Waals surface area contributed by atoms with Crippen molar-refractivity contribution in [3.05, 3.63) is 51.3 Å². The summed E-state index contributed by atoms with van der Waals surface area (Å²) in [6, 6.07) is 7.21. The monoisotopic (exact) mass is 446 g/mol. The molecule has 2 heterocycles. The van der Waals surface area contributed by atoms with Gasteiger partial charge in [-0.3, -0.25) is 19.0 Å². The van der Waals surface area contributed by atoms with E-state index in [1.54, 1.807) is 19.1 Å². The van der Waals surface area contributed by atoms with Gasteiger partial charge in [0.15, 0.2) is 0 Å². The predicted molar refractivity (Wildman–Crippen MR) is 120 cm³/mol. The summed E-state index contributed by atoms with van der Waals surface area (Å²) in [6.07, 6.45) is 1.38. The molecule has 9 heteroatoms. The molecule has 2 aromatic heterocycles. The van der Waals surface area contributed by atoms with Crippen LogP contribution in [0.2, 0.25) is 5.02 Å². The van der Waals surface area contributed by atoms with E-state index < -0.39 is 0 Å². The first kappa shape index (κ1) is 22.0. The highest BCUT2D eigenvalue weighted by atomic mass is 35.5. The van der Waals surface area contributed by atoms with Gasteiger partial charge < -0.3 is 10.2 Å². The Balaban J connectivity index is 1.87. The Labute approximate surface area is 183 Å². The molecular formula is C21H23ClN4O3S. The van der Waals surface area contributed by atoms with E-state index in [9.17, 15) is 14.4 Å². The molecule has 0 atom stereocenters. The molecular weight excluding hydrogens is 424 g/mol. The lowest BCUT2D eigenvalue weighted by Crippen LogP contribution is -2.44. The van der Waals surface area contributed by atoms with Gasteiger partial charge in [0.05, 0.1) is 18.3 Å². The number of carbonyl (C=O) groups is 2. The van der Waals surface area contributed by atoms with Crippen LogP contribution in [0.25, 0.3) is 21.3 Å². The van der Waals surface area contributed by atoms with Gasteiger partial charge in [0.2, 0.25) is 11.8 Å². The molecule has 0 bridgehead atoms. The van der Waals surface area contributed by atoms with Crippen molar-refractivity contribution in [2.75, 3.05) is 13.1 Å². The zero-order valence-electron chi connectivity index (χ0n) is 17.0. The van der Waals surface area contributed by atoms with Crippen LogP contribution in [0.4, 0.5) is 0 Å². The lowest BCUT2D eigenvalue weighted by molar-refractivity contribution is -0.136. The largest absolute Gasteiger partial charge is 0.352 e. The number of nitrogens with one attached hydrogen (secondary N) is 1. The molecule has 7 nitrogen and oxygen atoms in total. The smallest absolute Gasteiger partial charge is 0.263 e. The Kier molecular flexibility index (Phi) is 6.89. The third-order valence-electron chi connectivity index (χ3n) is 4.54. The number of benzene rings is 1. The molecule has 3 aromatic rings. The van der Waals surface area contributed by atoms with E-state index in [1.807, 2.05) is 31.4 Å². The van der Waals surface area contributed by atoms with Crippen LogP contribution < -0.4 is 10.9 Å². The molecule has 0 spiro atoms. The summed E-state index contributed by atoms with van der Waals surface area (Å²) in [7, 11) is 0. The van der Waals surface area contributed by atoms with E-state index in [-0.39, 0.29) is 36.5 Å². The Morgan fingerprint density at radius 2 is 1.97 bits per heavy atom. The molecule has 158 valence electrons. The number of thiophene rings is 1. The summed E-state index contributed by atoms with van der Waals surface area (Å²) >= 11 is 7.34. The van der Waals surface area contributed by atoms with E-state index in [0.29, 0.717) is 21.8 Å². The molecule has 0 saturated carbocycles. The Hall–Kier alpha value is -2.71. The van der Waals surface area contributed by atoms with Crippen LogP contribution in [0.1, 0.15) is 20.8 Å². The summed E-state index contributed by atoms with van der Waals surface area (Å²) < 4.78 is 1.29. The molecule has 0 aliphatic heterocycles. The Morgan fingerprint density at radius 1 is 1.27 bits per heavy atom. The van der Waals surface area contributed by atoms with Crippen molar-refractivity contribution in [1.82, 2.24) is 19.8 Å². The third kappa shape index (κ3) is 4.88. The van der Waals surface area contributed by atoms with Crippen LogP contribution in [-0.4, -0.2) is 45.4 Å². The van der Waals surface area contributed by atoms with E-state index in [4.69, 9.17) is 11.6 Å². The zero-order chi connectivity index (χ0) is 21.8. The SMILES string of the molecule is CCN(CC(=O)NC(C)C)C(=O)Cn1cnc2scc(-c3ccc(Cl)cc3)c2c1=O. The average Bonchev–Trinajstić information content (AvgIpc) is 3.13. The quantitative estimate of drug-likeness (QED) is 0.604. The number of aromatic nitrogens is 2. The van der Waals surface area contributed by atoms with Gasteiger partial charge in [0, 0.05) is 28.6 Å². The minimum atomic E-state index is -0.317. The molecule has 0 saturated heterocycles. The Morgan fingerprint density at radius 3 is 2.60 bits per heavy atom. The topological polar surface area (TPSA) is 84.3 Å². The normalized spacial score (nSPS) is 11.1. The summed E-state index contributed by atoms with van der Waals surface area (Å²) in [5.41, 5.74) is 1.33. The maximum atomic E-state index is 13.1. The van der Waals surface area contributed by atoms with Gasteiger partial charge in [-0.2, -0.15) is 0 Å². The zero-order valence-corrected chi connectivity index (χ0v) is 18.6. The highest BCUT2D eigenvalue weighted by Gasteiger charge is 2.19. The number of rotatable bonds is 7. The number of hydrogen-bond acceptors (Lipinski definition) is 5. The van der Waals surface area contributed by atoms with Crippen LogP contribution in [0, 0.1) is 0 Å². The summed E-state index contributed by atoms with van der Waals surface area (Å²) in [5.74, 6) is -0.549. The number of nitrogens with zero attached hydrogens (tertiary/aromatic N) is 3. The Bertz CT molecular complexity index is 1120. The fraction of sp³-hybridized carbons (Fsp3) is 0.333. The highest BCUT2D eigenvalue weighted by molar-refractivity contribution is 7.17. The number of likely N-dealkylation sites (N-methyl/N-ethyl adjacent to an activating group) is 1. The maximum Gasteiger partial charge on any atom is 0.263 e. The van der Waals surface area contributed by atoms with Crippen molar-refractivity contribution in [2.24, 2.45) is 0 Å². The van der Waals surface area contributed by atoms with Gasteiger partial charge in [-0.05, 0) is 38.5 Å². The van der Waals surface area contributed by atoms with Gasteiger partial charge in [0.25, 0.3) is 5.56 Å². The third-order valence-corrected chi connectivity index (χ3v) is 5.68. The second-order valence-corrected chi connectivity index (χ2v) is 8.44. The number of amides is 2. The molecule has 3 rings (SSSR count). The molecule has 0 aliphatic carbocycles. The summed E-state index contributed by atoms with van der Waals surface area (Å²) in [4.78, 5) is 44.2. The van der Waals surface area contributed by atoms with Gasteiger partial charge in [-0.1, -0.05) is 23.7 Å². The van der Waals surface area contributed by atoms with Gasteiger partial charge in [-0.15, -0.1) is 11.3 Å². The van der Waals surface area contributed by atoms with Gasteiger partial charge >= 0.3 is 0 Å². The van der Waals surface area contributed by atoms with E-state index in [1.165, 1.54) is 27.1 Å². The molecule has 0 fully saturated rings. The fourth-order valence-electron chi connectivity index (χ4n) is 3.09. The number of hydrogen-bond donors (Lipinski definition) is 1. The van der Waals surface area contributed by atoms with Crippen molar-refractivity contribution in [2.45, 2.75) is 33.4 Å². The molecule has 1 aromatic carbocycles. The summed E-state index contributed by atoms with van der Waals surface area (Å²) in [5, 5.41) is 5.73. The molecule has 30 heavy (non-hydrogen) atoms. The first-order valence-corrected chi connectivity index (χ1v) is 10.9.